The fourth-order valence-electron chi connectivity index (χ4n) is 4.45. The second-order valence-corrected chi connectivity index (χ2v) is 14.3. The van der Waals surface area contributed by atoms with Crippen molar-refractivity contribution in [3.63, 3.8) is 0 Å². The largest absolute Gasteiger partial charge is 0.619 e. The van der Waals surface area contributed by atoms with Crippen LogP contribution in [0.25, 0.3) is 0 Å². The van der Waals surface area contributed by atoms with Gasteiger partial charge in [0.05, 0.1) is 0 Å². The molecule has 330 valence electrons. The van der Waals surface area contributed by atoms with Gasteiger partial charge in [0, 0.05) is 96.4 Å². The van der Waals surface area contributed by atoms with Crippen LogP contribution in [-0.4, -0.2) is 54.8 Å². The summed E-state index contributed by atoms with van der Waals surface area (Å²) in [6, 6.07) is 21.2. The van der Waals surface area contributed by atoms with Gasteiger partial charge in [0.25, 0.3) is 0 Å². The predicted octanol–water partition coefficient (Wildman–Crippen LogP) is 9.79. The average molecular weight is 849 g/mol. The van der Waals surface area contributed by atoms with Crippen LogP contribution in [0.1, 0.15) is 79.6 Å². The summed E-state index contributed by atoms with van der Waals surface area (Å²) < 4.78 is 0.771. The second kappa shape index (κ2) is 31.6. The Morgan fingerprint density at radius 2 is 0.825 bits per heavy atom. The normalized spacial score (nSPS) is 9.17. The van der Waals surface area contributed by atoms with Crippen LogP contribution in [0, 0.1) is 102 Å². The molecule has 8 heterocycles. The van der Waals surface area contributed by atoms with Gasteiger partial charge in [-0.3, -0.25) is 15.0 Å². The van der Waals surface area contributed by atoms with E-state index in [1.165, 1.54) is 29.1 Å². The highest BCUT2D eigenvalue weighted by Gasteiger charge is 1.91. The lowest BCUT2D eigenvalue weighted by Gasteiger charge is -1.95. The van der Waals surface area contributed by atoms with Crippen LogP contribution in [0.3, 0.4) is 0 Å². The maximum atomic E-state index is 10.3. The van der Waals surface area contributed by atoms with Gasteiger partial charge in [-0.1, -0.05) is 6.07 Å². The maximum absolute atomic E-state index is 10.3. The number of nitrogens with zero attached hydrogens (tertiary/aromatic N) is 12. The Kier molecular flexibility index (Phi) is 26.9. The van der Waals surface area contributed by atoms with Gasteiger partial charge < -0.3 is 5.21 Å². The minimum Gasteiger partial charge on any atom is -0.619 e. The molecule has 8 rings (SSSR count). The van der Waals surface area contributed by atoms with E-state index >= 15 is 0 Å². The topological polar surface area (TPSA) is 169 Å². The summed E-state index contributed by atoms with van der Waals surface area (Å²) in [5.41, 5.74) is 11.2. The molecule has 0 saturated heterocycles. The number of aromatic nitrogens is 12. The molecule has 0 amide bonds. The van der Waals surface area contributed by atoms with E-state index in [2.05, 4.69) is 73.9 Å². The van der Waals surface area contributed by atoms with E-state index in [1.54, 1.807) is 49.2 Å². The molecule has 0 spiro atoms. The van der Waals surface area contributed by atoms with Crippen molar-refractivity contribution in [1.29, 1.82) is 0 Å². The molecule has 13 heteroatoms. The summed E-state index contributed by atoms with van der Waals surface area (Å²) in [7, 11) is 0. The summed E-state index contributed by atoms with van der Waals surface area (Å²) in [4.78, 5) is 43.9. The Morgan fingerprint density at radius 3 is 1.17 bits per heavy atom. The molecule has 0 atom stereocenters. The highest BCUT2D eigenvalue weighted by molar-refractivity contribution is 5.13. The van der Waals surface area contributed by atoms with Crippen LogP contribution in [0.5, 0.6) is 0 Å². The van der Waals surface area contributed by atoms with Crippen molar-refractivity contribution in [1.82, 2.24) is 54.8 Å². The third-order valence-electron chi connectivity index (χ3n) is 7.54. The van der Waals surface area contributed by atoms with Gasteiger partial charge in [-0.05, 0) is 173 Å². The Morgan fingerprint density at radius 1 is 0.333 bits per heavy atom. The van der Waals surface area contributed by atoms with Crippen molar-refractivity contribution in [3.05, 3.63) is 220 Å². The smallest absolute Gasteiger partial charge is 0.180 e. The van der Waals surface area contributed by atoms with Crippen molar-refractivity contribution in [2.24, 2.45) is 0 Å². The van der Waals surface area contributed by atoms with Crippen LogP contribution in [0.15, 0.2) is 135 Å². The van der Waals surface area contributed by atoms with Gasteiger partial charge in [0.15, 0.2) is 12.4 Å². The van der Waals surface area contributed by atoms with E-state index in [0.29, 0.717) is 0 Å². The van der Waals surface area contributed by atoms with Gasteiger partial charge in [-0.15, -0.1) is 0 Å². The maximum Gasteiger partial charge on any atom is 0.180 e. The third-order valence-corrected chi connectivity index (χ3v) is 7.54. The zero-order chi connectivity index (χ0) is 47.0. The lowest BCUT2D eigenvalue weighted by atomic mass is 10.3. The molecule has 0 fully saturated rings. The molecule has 63 heavy (non-hydrogen) atoms. The van der Waals surface area contributed by atoms with Crippen molar-refractivity contribution in [2.75, 3.05) is 0 Å². The number of hydrogen-bond donors (Lipinski definition) is 0. The number of hydrogen-bond acceptors (Lipinski definition) is 12. The monoisotopic (exact) mass is 849 g/mol. The van der Waals surface area contributed by atoms with Crippen LogP contribution in [0.4, 0.5) is 0 Å². The Bertz CT molecular complexity index is 2050. The standard InChI is InChI=1S/C7H10N2.2C7H9N.2C6H8N2.C6H7NO.C6H7N.C5H6N2/c1-5-4-6(2)9-7(3)8-5;1-6-3-4-8-7(2)5-6;1-6-3-4-7(2)8-5-6;1-5-3-7-6(2)8-4-5;1-5-3-4-7-6(2)8-5;1-6-2-4-7(8)5-3-6;1-6-2-4-7-5-3-6;1-5-6-3-2-4-7-5/h4H,1-3H3;2*3-5H,1-2H3;2*3-4H,1-2H3;2-5H,1H3;2-5H,1H3;2-4H,1H3. The first-order valence-corrected chi connectivity index (χ1v) is 20.3. The van der Waals surface area contributed by atoms with Crippen LogP contribution < -0.4 is 4.73 Å². The van der Waals surface area contributed by atoms with E-state index in [9.17, 15) is 5.21 Å². The minimum atomic E-state index is 0.771. The minimum absolute atomic E-state index is 0.771. The van der Waals surface area contributed by atoms with Crippen molar-refractivity contribution in [3.8, 4) is 0 Å². The number of pyridine rings is 4. The van der Waals surface area contributed by atoms with Crippen molar-refractivity contribution < 1.29 is 4.73 Å². The van der Waals surface area contributed by atoms with E-state index in [4.69, 9.17) is 0 Å². The predicted molar refractivity (Wildman–Crippen MR) is 253 cm³/mol. The van der Waals surface area contributed by atoms with E-state index in [-0.39, 0.29) is 0 Å². The molecule has 0 aromatic carbocycles. The fraction of sp³-hybridized carbons (Fsp3) is 0.280. The fourth-order valence-corrected chi connectivity index (χ4v) is 4.45. The molecule has 0 bridgehead atoms. The van der Waals surface area contributed by atoms with Gasteiger partial charge in [0.2, 0.25) is 0 Å². The van der Waals surface area contributed by atoms with Gasteiger partial charge in [0.1, 0.15) is 23.3 Å². The van der Waals surface area contributed by atoms with Gasteiger partial charge >= 0.3 is 0 Å². The molecular formula is C50H64N12O. The third kappa shape index (κ3) is 30.4. The number of rotatable bonds is 0. The second-order valence-electron chi connectivity index (χ2n) is 14.3. The lowest BCUT2D eigenvalue weighted by molar-refractivity contribution is -0.605. The Balaban J connectivity index is 0.000000360. The highest BCUT2D eigenvalue weighted by Crippen LogP contribution is 1.98. The van der Waals surface area contributed by atoms with E-state index in [1.807, 2.05) is 151 Å². The molecule has 0 aliphatic heterocycles. The van der Waals surface area contributed by atoms with Gasteiger partial charge in [-0.2, -0.15) is 4.73 Å². The van der Waals surface area contributed by atoms with Crippen LogP contribution >= 0.6 is 0 Å². The first kappa shape index (κ1) is 53.7. The summed E-state index contributed by atoms with van der Waals surface area (Å²) in [6.45, 7) is 27.5. The SMILES string of the molecule is Cc1cc(C)nc(C)n1.Cc1cc[n+]([O-])cc1.Cc1ccc(C)nc1.Cc1ccnc(C)c1.Cc1ccnc(C)n1.Cc1ccncc1.Cc1cnc(C)nc1.Cc1ncccn1. The first-order chi connectivity index (χ1) is 29.9. The van der Waals surface area contributed by atoms with Crippen LogP contribution in [-0.2, 0) is 0 Å². The molecule has 8 aromatic heterocycles. The lowest BCUT2D eigenvalue weighted by Crippen LogP contribution is -2.23. The zero-order valence-electron chi connectivity index (χ0n) is 39.5. The molecule has 0 saturated carbocycles. The molecule has 8 aromatic rings. The molecule has 0 N–H and O–H groups in total. The quantitative estimate of drug-likeness (QED) is 0.105. The number of aryl methyl sites for hydroxylation is 14. The summed E-state index contributed by atoms with van der Waals surface area (Å²) in [5, 5.41) is 10.3. The Labute approximate surface area is 375 Å². The van der Waals surface area contributed by atoms with Crippen LogP contribution in [0.2, 0.25) is 0 Å². The molecular weight excluding hydrogens is 785 g/mol. The van der Waals surface area contributed by atoms with Gasteiger partial charge in [-0.25, -0.2) is 39.9 Å². The van der Waals surface area contributed by atoms with E-state index in [0.717, 1.165) is 67.6 Å². The zero-order valence-corrected chi connectivity index (χ0v) is 39.5. The highest BCUT2D eigenvalue weighted by atomic mass is 16.5. The molecule has 0 radical (unpaired) electrons. The van der Waals surface area contributed by atoms with E-state index < -0.39 is 0 Å². The summed E-state index contributed by atoms with van der Waals surface area (Å²) in [5.74, 6) is 3.34. The summed E-state index contributed by atoms with van der Waals surface area (Å²) >= 11 is 0. The van der Waals surface area contributed by atoms with Crippen molar-refractivity contribution in [2.45, 2.75) is 96.9 Å². The first-order valence-electron chi connectivity index (χ1n) is 20.3. The Hall–Kier alpha value is -7.28. The van der Waals surface area contributed by atoms with Crippen molar-refractivity contribution >= 4 is 0 Å². The molecule has 0 unspecified atom stereocenters. The molecule has 0 aliphatic carbocycles. The molecule has 0 aliphatic rings. The molecule has 13 nitrogen and oxygen atoms in total. The summed E-state index contributed by atoms with van der Waals surface area (Å²) in [6.07, 6.45) is 19.1. The average Bonchev–Trinajstić information content (AvgIpc) is 3.23.